The van der Waals surface area contributed by atoms with Gasteiger partial charge in [0.1, 0.15) is 11.3 Å². The molecular weight excluding hydrogens is 418 g/mol. The number of hydrogen-bond acceptors (Lipinski definition) is 3. The van der Waals surface area contributed by atoms with Crippen LogP contribution in [0.25, 0.3) is 16.6 Å². The van der Waals surface area contributed by atoms with E-state index in [2.05, 4.69) is 10.3 Å². The van der Waals surface area contributed by atoms with Gasteiger partial charge in [0.25, 0.3) is 5.56 Å². The first-order valence-corrected chi connectivity index (χ1v) is 10.8. The van der Waals surface area contributed by atoms with Gasteiger partial charge in [-0.3, -0.25) is 9.36 Å². The van der Waals surface area contributed by atoms with E-state index >= 15 is 0 Å². The molecule has 0 amide bonds. The highest BCUT2D eigenvalue weighted by atomic mass is 32.1. The van der Waals surface area contributed by atoms with Gasteiger partial charge in [0.2, 0.25) is 0 Å². The zero-order valence-electron chi connectivity index (χ0n) is 17.4. The van der Waals surface area contributed by atoms with Crippen molar-refractivity contribution in [2.75, 3.05) is 0 Å². The van der Waals surface area contributed by atoms with Crippen LogP contribution >= 0.6 is 12.2 Å². The van der Waals surface area contributed by atoms with Crippen LogP contribution in [0.1, 0.15) is 29.2 Å². The maximum absolute atomic E-state index is 13.8. The number of aryl methyl sites for hydroxylation is 1. The van der Waals surface area contributed by atoms with Crippen molar-refractivity contribution in [3.63, 3.8) is 0 Å². The lowest BCUT2D eigenvalue weighted by Gasteiger charge is -2.26. The van der Waals surface area contributed by atoms with Crippen LogP contribution in [0.2, 0.25) is 0 Å². The van der Waals surface area contributed by atoms with E-state index in [0.717, 1.165) is 11.3 Å². The van der Waals surface area contributed by atoms with Gasteiger partial charge in [0.15, 0.2) is 5.11 Å². The molecule has 0 radical (unpaired) electrons. The van der Waals surface area contributed by atoms with Crippen molar-refractivity contribution >= 4 is 33.9 Å². The molecule has 4 aromatic rings. The maximum Gasteiger partial charge on any atom is 0.268 e. The van der Waals surface area contributed by atoms with Crippen LogP contribution in [0.4, 0.5) is 0 Å². The molecule has 0 saturated heterocycles. The number of nitrogens with zero attached hydrogens (tertiary/aromatic N) is 2. The van der Waals surface area contributed by atoms with Crippen LogP contribution in [0, 0.1) is 6.92 Å². The number of aliphatic imine (C=N–C) groups is 1. The number of pyridine rings is 1. The topological polar surface area (TPSA) is 66.6 Å². The molecule has 1 aromatic heterocycles. The Morgan fingerprint density at radius 2 is 1.69 bits per heavy atom. The normalized spacial score (nSPS) is 16.0. The molecular formula is C26H21N3O2S. The van der Waals surface area contributed by atoms with Crippen LogP contribution < -0.4 is 10.9 Å². The molecule has 0 fully saturated rings. The Balaban J connectivity index is 1.71. The van der Waals surface area contributed by atoms with E-state index in [4.69, 9.17) is 12.2 Å². The summed E-state index contributed by atoms with van der Waals surface area (Å²) in [6.45, 7) is 2.04. The van der Waals surface area contributed by atoms with Gasteiger partial charge in [0.05, 0.1) is 17.3 Å². The largest absolute Gasteiger partial charge is 0.506 e. The Bertz CT molecular complexity index is 1420. The zero-order chi connectivity index (χ0) is 22.2. The third-order valence-corrected chi connectivity index (χ3v) is 5.98. The average molecular weight is 440 g/mol. The second-order valence-electron chi connectivity index (χ2n) is 7.89. The second kappa shape index (κ2) is 8.05. The number of aromatic hydroxyl groups is 1. The summed E-state index contributed by atoms with van der Waals surface area (Å²) in [4.78, 5) is 18.2. The lowest BCUT2D eigenvalue weighted by Crippen LogP contribution is -2.36. The maximum atomic E-state index is 13.8. The summed E-state index contributed by atoms with van der Waals surface area (Å²) >= 11 is 5.41. The average Bonchev–Trinajstić information content (AvgIpc) is 2.80. The molecule has 1 atom stereocenters. The fourth-order valence-corrected chi connectivity index (χ4v) is 4.42. The van der Waals surface area contributed by atoms with Gasteiger partial charge in [-0.2, -0.15) is 0 Å². The zero-order valence-corrected chi connectivity index (χ0v) is 18.3. The van der Waals surface area contributed by atoms with Crippen molar-refractivity contribution in [2.45, 2.75) is 19.4 Å². The van der Waals surface area contributed by atoms with E-state index in [0.29, 0.717) is 28.1 Å². The quantitative estimate of drug-likeness (QED) is 0.450. The molecule has 1 aliphatic rings. The number of nitrogens with one attached hydrogen (secondary N) is 1. The Kier molecular flexibility index (Phi) is 5.07. The number of para-hydroxylation sites is 2. The smallest absolute Gasteiger partial charge is 0.268 e. The van der Waals surface area contributed by atoms with Crippen LogP contribution in [-0.2, 0) is 0 Å². The summed E-state index contributed by atoms with van der Waals surface area (Å²) in [7, 11) is 0. The summed E-state index contributed by atoms with van der Waals surface area (Å²) < 4.78 is 1.62. The Labute approximate surface area is 190 Å². The molecule has 0 spiro atoms. The van der Waals surface area contributed by atoms with E-state index in [1.54, 1.807) is 4.57 Å². The number of fused-ring (bicyclic) bond motifs is 1. The van der Waals surface area contributed by atoms with Gasteiger partial charge >= 0.3 is 0 Å². The van der Waals surface area contributed by atoms with E-state index in [1.165, 1.54) is 5.56 Å². The minimum absolute atomic E-state index is 0.0658. The van der Waals surface area contributed by atoms with Gasteiger partial charge < -0.3 is 10.4 Å². The van der Waals surface area contributed by atoms with E-state index in [9.17, 15) is 9.90 Å². The Hall–Kier alpha value is -3.77. The number of aromatic nitrogens is 1. The summed E-state index contributed by atoms with van der Waals surface area (Å²) in [6, 6.07) is 24.8. The van der Waals surface area contributed by atoms with Crippen molar-refractivity contribution in [3.8, 4) is 11.4 Å². The molecule has 6 heteroatoms. The molecule has 0 unspecified atom stereocenters. The first kappa shape index (κ1) is 20.2. The van der Waals surface area contributed by atoms with Crippen molar-refractivity contribution in [2.24, 2.45) is 4.99 Å². The highest BCUT2D eigenvalue weighted by Crippen LogP contribution is 2.31. The number of hydrogen-bond donors (Lipinski definition) is 2. The molecule has 32 heavy (non-hydrogen) atoms. The Morgan fingerprint density at radius 1 is 1.00 bits per heavy atom. The molecule has 1 aliphatic heterocycles. The predicted molar refractivity (Wildman–Crippen MR) is 132 cm³/mol. The van der Waals surface area contributed by atoms with Crippen LogP contribution in [-0.4, -0.2) is 20.5 Å². The van der Waals surface area contributed by atoms with Crippen molar-refractivity contribution in [1.29, 1.82) is 0 Å². The first-order chi connectivity index (χ1) is 15.5. The summed E-state index contributed by atoms with van der Waals surface area (Å²) in [6.07, 6.45) is 0.430. The summed E-state index contributed by atoms with van der Waals surface area (Å²) in [5.41, 5.74) is 3.93. The van der Waals surface area contributed by atoms with Gasteiger partial charge in [-0.15, -0.1) is 0 Å². The van der Waals surface area contributed by atoms with Crippen molar-refractivity contribution in [3.05, 3.63) is 106 Å². The minimum atomic E-state index is -0.321. The highest BCUT2D eigenvalue weighted by Gasteiger charge is 2.27. The van der Waals surface area contributed by atoms with Crippen LogP contribution in [0.5, 0.6) is 5.75 Å². The first-order valence-electron chi connectivity index (χ1n) is 10.4. The summed E-state index contributed by atoms with van der Waals surface area (Å²) in [5.74, 6) is -0.0658. The van der Waals surface area contributed by atoms with E-state index in [1.807, 2.05) is 85.8 Å². The minimum Gasteiger partial charge on any atom is -0.506 e. The van der Waals surface area contributed by atoms with Crippen molar-refractivity contribution in [1.82, 2.24) is 9.88 Å². The van der Waals surface area contributed by atoms with Gasteiger partial charge in [-0.25, -0.2) is 4.99 Å². The number of benzene rings is 3. The van der Waals surface area contributed by atoms with Gasteiger partial charge in [-0.05, 0) is 49.0 Å². The molecule has 0 aliphatic carbocycles. The summed E-state index contributed by atoms with van der Waals surface area (Å²) in [5, 5.41) is 15.3. The standard InChI is InChI=1S/C26H21N3O2S/c1-16-11-13-17(14-12-16)20-15-21(28-26(32)27-20)23-24(30)19-9-5-6-10-22(19)29(25(23)31)18-7-3-2-4-8-18/h2-14,20,30H,15H2,1H3,(H,27,32)/t20-/m1/s1. The van der Waals surface area contributed by atoms with Crippen LogP contribution in [0.15, 0.2) is 88.6 Å². The van der Waals surface area contributed by atoms with Gasteiger partial charge in [-0.1, -0.05) is 60.2 Å². The molecule has 5 rings (SSSR count). The van der Waals surface area contributed by atoms with Crippen LogP contribution in [0.3, 0.4) is 0 Å². The monoisotopic (exact) mass is 439 g/mol. The lowest BCUT2D eigenvalue weighted by molar-refractivity contribution is 0.478. The molecule has 2 heterocycles. The number of rotatable bonds is 3. The van der Waals surface area contributed by atoms with Gasteiger partial charge in [0, 0.05) is 17.5 Å². The highest BCUT2D eigenvalue weighted by molar-refractivity contribution is 7.80. The number of thiocarbonyl (C=S) groups is 1. The fourth-order valence-electron chi connectivity index (χ4n) is 4.17. The third kappa shape index (κ3) is 3.48. The molecule has 5 nitrogen and oxygen atoms in total. The fraction of sp³-hybridized carbons (Fsp3) is 0.115. The molecule has 2 N–H and O–H groups in total. The SMILES string of the molecule is Cc1ccc([C@H]2CC(c3c(O)c4ccccc4n(-c4ccccc4)c3=O)=NC(=S)N2)cc1. The van der Waals surface area contributed by atoms with E-state index < -0.39 is 0 Å². The molecule has 0 saturated carbocycles. The third-order valence-electron chi connectivity index (χ3n) is 5.77. The molecule has 158 valence electrons. The molecule has 0 bridgehead atoms. The predicted octanol–water partition coefficient (Wildman–Crippen LogP) is 4.81. The van der Waals surface area contributed by atoms with Crippen molar-refractivity contribution < 1.29 is 5.11 Å². The lowest BCUT2D eigenvalue weighted by atomic mass is 9.94. The second-order valence-corrected chi connectivity index (χ2v) is 8.28. The molecule has 3 aromatic carbocycles. The van der Waals surface area contributed by atoms with E-state index in [-0.39, 0.29) is 22.9 Å². The Morgan fingerprint density at radius 3 is 2.44 bits per heavy atom.